The molecule has 0 unspecified atom stereocenters. The fourth-order valence-corrected chi connectivity index (χ4v) is 1.94. The molecule has 0 amide bonds. The third kappa shape index (κ3) is 2.80. The van der Waals surface area contributed by atoms with Crippen LogP contribution in [0.5, 0.6) is 0 Å². The number of benzene rings is 2. The number of aryl methyl sites for hydroxylation is 2. The molecule has 0 bridgehead atoms. The van der Waals surface area contributed by atoms with E-state index < -0.39 is 11.0 Å². The number of nitro benzene ring substituents is 1. The van der Waals surface area contributed by atoms with E-state index in [9.17, 15) is 15.2 Å². The highest BCUT2D eigenvalue weighted by atomic mass is 16.6. The molecule has 0 spiro atoms. The minimum atomic E-state index is -0.848. The Morgan fingerprint density at radius 1 is 1.05 bits per heavy atom. The third-order valence-electron chi connectivity index (χ3n) is 3.24. The van der Waals surface area contributed by atoms with Crippen molar-refractivity contribution in [2.24, 2.45) is 0 Å². The highest BCUT2D eigenvalue weighted by Gasteiger charge is 2.14. The van der Waals surface area contributed by atoms with E-state index in [2.05, 4.69) is 0 Å². The number of nitro groups is 1. The summed E-state index contributed by atoms with van der Waals surface area (Å²) in [5.41, 5.74) is 3.48. The molecule has 0 fully saturated rings. The SMILES string of the molecule is Cc1ccc([C@@H](O)c2cccc([N+](=O)[O-])c2)cc1C. The summed E-state index contributed by atoms with van der Waals surface area (Å²) in [5.74, 6) is 0. The largest absolute Gasteiger partial charge is 0.384 e. The molecule has 2 rings (SSSR count). The van der Waals surface area contributed by atoms with Gasteiger partial charge < -0.3 is 5.11 Å². The van der Waals surface area contributed by atoms with Crippen molar-refractivity contribution in [3.63, 3.8) is 0 Å². The Labute approximate surface area is 111 Å². The van der Waals surface area contributed by atoms with Gasteiger partial charge in [0.25, 0.3) is 5.69 Å². The zero-order valence-electron chi connectivity index (χ0n) is 10.8. The average Bonchev–Trinajstić information content (AvgIpc) is 2.41. The molecule has 0 saturated carbocycles. The van der Waals surface area contributed by atoms with Crippen molar-refractivity contribution >= 4 is 5.69 Å². The van der Waals surface area contributed by atoms with E-state index >= 15 is 0 Å². The molecule has 1 N–H and O–H groups in total. The Kier molecular flexibility index (Phi) is 3.62. The molecule has 0 saturated heterocycles. The van der Waals surface area contributed by atoms with Crippen molar-refractivity contribution in [2.45, 2.75) is 20.0 Å². The zero-order valence-corrected chi connectivity index (χ0v) is 10.8. The van der Waals surface area contributed by atoms with E-state index in [-0.39, 0.29) is 5.69 Å². The molecular weight excluding hydrogens is 242 g/mol. The molecule has 0 aromatic heterocycles. The molecule has 2 aromatic rings. The van der Waals surface area contributed by atoms with E-state index in [1.54, 1.807) is 12.1 Å². The standard InChI is InChI=1S/C15H15NO3/c1-10-6-7-13(8-11(10)2)15(17)12-4-3-5-14(9-12)16(18)19/h3-9,15,17H,1-2H3/t15-/m0/s1. The van der Waals surface area contributed by atoms with E-state index in [1.807, 2.05) is 32.0 Å². The van der Waals surface area contributed by atoms with Crippen LogP contribution in [-0.2, 0) is 0 Å². The van der Waals surface area contributed by atoms with Crippen LogP contribution >= 0.6 is 0 Å². The van der Waals surface area contributed by atoms with Gasteiger partial charge in [-0.15, -0.1) is 0 Å². The van der Waals surface area contributed by atoms with Gasteiger partial charge in [-0.05, 0) is 36.1 Å². The number of aliphatic hydroxyl groups excluding tert-OH is 1. The lowest BCUT2D eigenvalue weighted by atomic mass is 9.98. The van der Waals surface area contributed by atoms with Gasteiger partial charge in [-0.2, -0.15) is 0 Å². The van der Waals surface area contributed by atoms with Crippen LogP contribution in [0.25, 0.3) is 0 Å². The van der Waals surface area contributed by atoms with Crippen LogP contribution in [0.3, 0.4) is 0 Å². The number of hydrogen-bond donors (Lipinski definition) is 1. The molecule has 0 aliphatic heterocycles. The summed E-state index contributed by atoms with van der Waals surface area (Å²) >= 11 is 0. The molecule has 98 valence electrons. The molecule has 2 aromatic carbocycles. The summed E-state index contributed by atoms with van der Waals surface area (Å²) in [6.45, 7) is 3.97. The third-order valence-corrected chi connectivity index (χ3v) is 3.24. The highest BCUT2D eigenvalue weighted by Crippen LogP contribution is 2.26. The fourth-order valence-electron chi connectivity index (χ4n) is 1.94. The first-order chi connectivity index (χ1) is 8.99. The predicted octanol–water partition coefficient (Wildman–Crippen LogP) is 3.29. The number of non-ortho nitro benzene ring substituents is 1. The van der Waals surface area contributed by atoms with Gasteiger partial charge in [-0.1, -0.05) is 30.3 Å². The maximum Gasteiger partial charge on any atom is 0.269 e. The van der Waals surface area contributed by atoms with Gasteiger partial charge in [-0.3, -0.25) is 10.1 Å². The number of aliphatic hydroxyl groups is 1. The van der Waals surface area contributed by atoms with Gasteiger partial charge in [0, 0.05) is 12.1 Å². The fraction of sp³-hybridized carbons (Fsp3) is 0.200. The van der Waals surface area contributed by atoms with E-state index in [4.69, 9.17) is 0 Å². The molecule has 4 nitrogen and oxygen atoms in total. The Morgan fingerprint density at radius 2 is 1.74 bits per heavy atom. The molecular formula is C15H15NO3. The average molecular weight is 257 g/mol. The van der Waals surface area contributed by atoms with Crippen LogP contribution in [0, 0.1) is 24.0 Å². The topological polar surface area (TPSA) is 63.4 Å². The van der Waals surface area contributed by atoms with Crippen LogP contribution in [0.2, 0.25) is 0 Å². The summed E-state index contributed by atoms with van der Waals surface area (Å²) in [4.78, 5) is 10.3. The molecule has 0 heterocycles. The predicted molar refractivity (Wildman–Crippen MR) is 73.1 cm³/mol. The summed E-state index contributed by atoms with van der Waals surface area (Å²) in [6.07, 6.45) is -0.848. The van der Waals surface area contributed by atoms with Crippen LogP contribution in [0.1, 0.15) is 28.4 Å². The lowest BCUT2D eigenvalue weighted by Crippen LogP contribution is -2.01. The molecule has 0 aliphatic rings. The zero-order chi connectivity index (χ0) is 14.0. The summed E-state index contributed by atoms with van der Waals surface area (Å²) < 4.78 is 0. The van der Waals surface area contributed by atoms with Crippen LogP contribution in [-0.4, -0.2) is 10.0 Å². The molecule has 0 radical (unpaired) electrons. The van der Waals surface area contributed by atoms with Gasteiger partial charge in [0.15, 0.2) is 0 Å². The van der Waals surface area contributed by atoms with Crippen molar-refractivity contribution in [2.75, 3.05) is 0 Å². The van der Waals surface area contributed by atoms with Crippen molar-refractivity contribution < 1.29 is 10.0 Å². The maximum absolute atomic E-state index is 10.7. The number of rotatable bonds is 3. The number of nitrogens with zero attached hydrogens (tertiary/aromatic N) is 1. The first kappa shape index (κ1) is 13.2. The monoisotopic (exact) mass is 257 g/mol. The lowest BCUT2D eigenvalue weighted by Gasteiger charge is -2.13. The van der Waals surface area contributed by atoms with Crippen molar-refractivity contribution in [1.82, 2.24) is 0 Å². The van der Waals surface area contributed by atoms with Crippen molar-refractivity contribution in [3.8, 4) is 0 Å². The second kappa shape index (κ2) is 5.20. The van der Waals surface area contributed by atoms with E-state index in [0.717, 1.165) is 16.7 Å². The van der Waals surface area contributed by atoms with E-state index in [0.29, 0.717) is 5.56 Å². The first-order valence-corrected chi connectivity index (χ1v) is 5.98. The Morgan fingerprint density at radius 3 is 2.37 bits per heavy atom. The first-order valence-electron chi connectivity index (χ1n) is 5.98. The second-order valence-electron chi connectivity index (χ2n) is 4.60. The normalized spacial score (nSPS) is 12.2. The number of hydrogen-bond acceptors (Lipinski definition) is 3. The maximum atomic E-state index is 10.7. The minimum Gasteiger partial charge on any atom is -0.384 e. The molecule has 0 aliphatic carbocycles. The Bertz CT molecular complexity index is 623. The van der Waals surface area contributed by atoms with E-state index in [1.165, 1.54) is 12.1 Å². The van der Waals surface area contributed by atoms with Crippen LogP contribution in [0.4, 0.5) is 5.69 Å². The van der Waals surface area contributed by atoms with Crippen molar-refractivity contribution in [1.29, 1.82) is 0 Å². The Balaban J connectivity index is 2.37. The van der Waals surface area contributed by atoms with Gasteiger partial charge in [0.1, 0.15) is 6.10 Å². The van der Waals surface area contributed by atoms with Gasteiger partial charge in [0.05, 0.1) is 4.92 Å². The summed E-state index contributed by atoms with van der Waals surface area (Å²) in [6, 6.07) is 11.8. The molecule has 1 atom stereocenters. The minimum absolute atomic E-state index is 0.0135. The van der Waals surface area contributed by atoms with Crippen molar-refractivity contribution in [3.05, 3.63) is 74.8 Å². The quantitative estimate of drug-likeness (QED) is 0.677. The smallest absolute Gasteiger partial charge is 0.269 e. The Hall–Kier alpha value is -2.20. The molecule has 4 heteroatoms. The van der Waals surface area contributed by atoms with Gasteiger partial charge >= 0.3 is 0 Å². The highest BCUT2D eigenvalue weighted by molar-refractivity contribution is 5.40. The van der Waals surface area contributed by atoms with Crippen LogP contribution < -0.4 is 0 Å². The summed E-state index contributed by atoms with van der Waals surface area (Å²) in [7, 11) is 0. The lowest BCUT2D eigenvalue weighted by molar-refractivity contribution is -0.385. The van der Waals surface area contributed by atoms with Gasteiger partial charge in [0.2, 0.25) is 0 Å². The van der Waals surface area contributed by atoms with Gasteiger partial charge in [-0.25, -0.2) is 0 Å². The molecule has 19 heavy (non-hydrogen) atoms. The summed E-state index contributed by atoms with van der Waals surface area (Å²) in [5, 5.41) is 21.0. The second-order valence-corrected chi connectivity index (χ2v) is 4.60. The van der Waals surface area contributed by atoms with Crippen LogP contribution in [0.15, 0.2) is 42.5 Å².